The van der Waals surface area contributed by atoms with E-state index in [1.807, 2.05) is 33.8 Å². The number of ketones is 2. The first-order valence-corrected chi connectivity index (χ1v) is 14.0. The minimum Gasteiger partial charge on any atom is -0.302 e. The van der Waals surface area contributed by atoms with E-state index in [4.69, 9.17) is 0 Å². The van der Waals surface area contributed by atoms with E-state index >= 15 is 0 Å². The number of carbonyl (C=O) groups is 2. The van der Waals surface area contributed by atoms with E-state index in [1.165, 1.54) is 6.07 Å². The molecule has 0 atom stereocenters. The number of nitrogens with zero attached hydrogens (tertiary/aromatic N) is 5. The zero-order valence-electron chi connectivity index (χ0n) is 23.3. The molecule has 7 nitrogen and oxygen atoms in total. The molecule has 0 aliphatic carbocycles. The molecule has 4 rings (SSSR count). The Morgan fingerprint density at radius 1 is 1.05 bits per heavy atom. The quantitative estimate of drug-likeness (QED) is 0.279. The Balaban J connectivity index is 1.49. The summed E-state index contributed by atoms with van der Waals surface area (Å²) in [5.41, 5.74) is 0.768. The molecule has 0 spiro atoms. The van der Waals surface area contributed by atoms with Crippen LogP contribution in [0.4, 0.5) is 8.78 Å². The average molecular weight is 556 g/mol. The third-order valence-electron chi connectivity index (χ3n) is 6.90. The summed E-state index contributed by atoms with van der Waals surface area (Å²) in [5, 5.41) is 8.35. The molecule has 1 aliphatic heterocycles. The van der Waals surface area contributed by atoms with Gasteiger partial charge >= 0.3 is 0 Å². The van der Waals surface area contributed by atoms with Gasteiger partial charge in [0.15, 0.2) is 15.8 Å². The van der Waals surface area contributed by atoms with Gasteiger partial charge in [-0.3, -0.25) is 9.59 Å². The third kappa shape index (κ3) is 6.97. The molecule has 3 aromatic rings. The SMILES string of the molecule is Cc1cc(C)nc(C(C)(C)CC(=O)CC2(CC(=O)c3nnc(-c4ccc(F)cc4F)s3)CN(CC(C)C)C2)n1. The van der Waals surface area contributed by atoms with Gasteiger partial charge in [-0.15, -0.1) is 10.2 Å². The second kappa shape index (κ2) is 11.3. The molecule has 3 heterocycles. The Morgan fingerprint density at radius 2 is 1.72 bits per heavy atom. The van der Waals surface area contributed by atoms with Crippen LogP contribution in [0.2, 0.25) is 0 Å². The Labute approximate surface area is 232 Å². The zero-order valence-corrected chi connectivity index (χ0v) is 24.2. The van der Waals surface area contributed by atoms with Crippen LogP contribution in [0.15, 0.2) is 24.3 Å². The standard InChI is InChI=1S/C29H35F2N5O2S/c1-17(2)14-36-15-29(16-36,12-21(37)11-28(5,6)27-32-18(3)9-19(4)33-27)13-24(38)26-35-34-25(39-26)22-8-7-20(30)10-23(22)31/h7-10,17H,11-16H2,1-6H3. The number of hydrogen-bond acceptors (Lipinski definition) is 8. The highest BCUT2D eigenvalue weighted by Gasteiger charge is 2.46. The lowest BCUT2D eigenvalue weighted by molar-refractivity contribution is -0.126. The zero-order chi connectivity index (χ0) is 28.5. The normalized spacial score (nSPS) is 15.4. The highest BCUT2D eigenvalue weighted by Crippen LogP contribution is 2.41. The van der Waals surface area contributed by atoms with E-state index in [0.29, 0.717) is 24.8 Å². The molecule has 1 aromatic carbocycles. The number of rotatable bonds is 11. The van der Waals surface area contributed by atoms with E-state index < -0.39 is 22.5 Å². The smallest absolute Gasteiger partial charge is 0.194 e. The van der Waals surface area contributed by atoms with Crippen molar-refractivity contribution in [1.82, 2.24) is 25.1 Å². The molecule has 0 N–H and O–H groups in total. The van der Waals surface area contributed by atoms with Crippen LogP contribution in [0, 0.1) is 36.8 Å². The minimum absolute atomic E-state index is 0.0612. The maximum absolute atomic E-state index is 14.2. The van der Waals surface area contributed by atoms with Crippen LogP contribution in [-0.2, 0) is 10.2 Å². The number of halogens is 2. The molecule has 0 amide bonds. The van der Waals surface area contributed by atoms with Crippen LogP contribution >= 0.6 is 11.3 Å². The summed E-state index contributed by atoms with van der Waals surface area (Å²) in [6.07, 6.45) is 0.678. The molecule has 1 saturated heterocycles. The van der Waals surface area contributed by atoms with Gasteiger partial charge in [0.05, 0.1) is 0 Å². The second-order valence-electron chi connectivity index (χ2n) is 12.0. The Bertz CT molecular complexity index is 1360. The molecule has 0 unspecified atom stereocenters. The van der Waals surface area contributed by atoms with Crippen LogP contribution in [0.25, 0.3) is 10.6 Å². The number of carbonyl (C=O) groups excluding carboxylic acids is 2. The van der Waals surface area contributed by atoms with Gasteiger partial charge < -0.3 is 4.90 Å². The summed E-state index contributed by atoms with van der Waals surface area (Å²) in [7, 11) is 0. The number of hydrogen-bond donors (Lipinski definition) is 0. The van der Waals surface area contributed by atoms with Crippen molar-refractivity contribution in [2.75, 3.05) is 19.6 Å². The van der Waals surface area contributed by atoms with Crippen molar-refractivity contribution in [3.05, 3.63) is 58.1 Å². The molecule has 1 fully saturated rings. The fourth-order valence-corrected chi connectivity index (χ4v) is 6.25. The highest BCUT2D eigenvalue weighted by molar-refractivity contribution is 7.16. The molecule has 208 valence electrons. The number of aromatic nitrogens is 4. The summed E-state index contributed by atoms with van der Waals surface area (Å²) in [6, 6.07) is 5.12. The van der Waals surface area contributed by atoms with Gasteiger partial charge in [-0.1, -0.05) is 39.0 Å². The van der Waals surface area contributed by atoms with E-state index in [0.717, 1.165) is 41.4 Å². The maximum Gasteiger partial charge on any atom is 0.194 e. The van der Waals surface area contributed by atoms with Crippen molar-refractivity contribution >= 4 is 22.9 Å². The molecular weight excluding hydrogens is 520 g/mol. The summed E-state index contributed by atoms with van der Waals surface area (Å²) < 4.78 is 27.5. The topological polar surface area (TPSA) is 88.9 Å². The monoisotopic (exact) mass is 555 g/mol. The summed E-state index contributed by atoms with van der Waals surface area (Å²) in [5.74, 6) is -0.506. The highest BCUT2D eigenvalue weighted by atomic mass is 32.1. The molecule has 1 aliphatic rings. The molecular formula is C29H35F2N5O2S. The summed E-state index contributed by atoms with van der Waals surface area (Å²) >= 11 is 0.980. The Morgan fingerprint density at radius 3 is 2.33 bits per heavy atom. The fraction of sp³-hybridized carbons (Fsp3) is 0.517. The lowest BCUT2D eigenvalue weighted by atomic mass is 9.70. The third-order valence-corrected chi connectivity index (χ3v) is 7.90. The molecule has 2 aromatic heterocycles. The number of Topliss-reactive ketones (excluding diaryl/α,β-unsaturated/α-hetero) is 2. The first kappa shape index (κ1) is 29.0. The van der Waals surface area contributed by atoms with Crippen LogP contribution in [-0.4, -0.2) is 56.3 Å². The second-order valence-corrected chi connectivity index (χ2v) is 12.9. The number of likely N-dealkylation sites (tertiary alicyclic amines) is 1. The maximum atomic E-state index is 14.2. The van der Waals surface area contributed by atoms with E-state index in [2.05, 4.69) is 38.9 Å². The van der Waals surface area contributed by atoms with Gasteiger partial charge in [0.2, 0.25) is 0 Å². The van der Waals surface area contributed by atoms with Crippen molar-refractivity contribution in [1.29, 1.82) is 0 Å². The number of aryl methyl sites for hydroxylation is 2. The van der Waals surface area contributed by atoms with Crippen molar-refractivity contribution in [2.45, 2.75) is 66.2 Å². The minimum atomic E-state index is -0.758. The van der Waals surface area contributed by atoms with Crippen LogP contribution in [0.5, 0.6) is 0 Å². The fourth-order valence-electron chi connectivity index (χ4n) is 5.44. The largest absolute Gasteiger partial charge is 0.302 e. The first-order chi connectivity index (χ1) is 18.2. The van der Waals surface area contributed by atoms with Gasteiger partial charge in [-0.05, 0) is 38.0 Å². The summed E-state index contributed by atoms with van der Waals surface area (Å²) in [4.78, 5) is 38.2. The van der Waals surface area contributed by atoms with Gasteiger partial charge in [-0.2, -0.15) is 0 Å². The van der Waals surface area contributed by atoms with Crippen molar-refractivity contribution in [3.63, 3.8) is 0 Å². The molecule has 39 heavy (non-hydrogen) atoms. The van der Waals surface area contributed by atoms with Gasteiger partial charge in [0.1, 0.15) is 23.2 Å². The van der Waals surface area contributed by atoms with Gasteiger partial charge in [-0.25, -0.2) is 18.7 Å². The predicted molar refractivity (Wildman–Crippen MR) is 147 cm³/mol. The van der Waals surface area contributed by atoms with Crippen molar-refractivity contribution < 1.29 is 18.4 Å². The Kier molecular flexibility index (Phi) is 8.37. The first-order valence-electron chi connectivity index (χ1n) is 13.1. The number of benzene rings is 1. The Hall–Kier alpha value is -2.98. The predicted octanol–water partition coefficient (Wildman–Crippen LogP) is 5.75. The molecule has 10 heteroatoms. The summed E-state index contributed by atoms with van der Waals surface area (Å²) in [6.45, 7) is 14.2. The molecule has 0 bridgehead atoms. The average Bonchev–Trinajstić information content (AvgIpc) is 3.26. The van der Waals surface area contributed by atoms with Crippen molar-refractivity contribution in [2.24, 2.45) is 11.3 Å². The van der Waals surface area contributed by atoms with Gasteiger partial charge in [0.25, 0.3) is 0 Å². The van der Waals surface area contributed by atoms with Crippen molar-refractivity contribution in [3.8, 4) is 10.6 Å². The van der Waals surface area contributed by atoms with Crippen LogP contribution in [0.1, 0.15) is 74.0 Å². The molecule has 0 radical (unpaired) electrons. The van der Waals surface area contributed by atoms with E-state index in [9.17, 15) is 18.4 Å². The van der Waals surface area contributed by atoms with E-state index in [-0.39, 0.29) is 46.4 Å². The lowest BCUT2D eigenvalue weighted by Crippen LogP contribution is -2.58. The van der Waals surface area contributed by atoms with Crippen LogP contribution < -0.4 is 0 Å². The molecule has 0 saturated carbocycles. The lowest BCUT2D eigenvalue weighted by Gasteiger charge is -2.50. The van der Waals surface area contributed by atoms with Crippen LogP contribution in [0.3, 0.4) is 0 Å². The van der Waals surface area contributed by atoms with E-state index in [1.54, 1.807) is 0 Å². The van der Waals surface area contributed by atoms with Gasteiger partial charge in [0, 0.05) is 72.7 Å².